The molecule has 0 aliphatic rings. The van der Waals surface area contributed by atoms with Gasteiger partial charge in [-0.15, -0.1) is 0 Å². The highest BCUT2D eigenvalue weighted by Gasteiger charge is 2.05. The summed E-state index contributed by atoms with van der Waals surface area (Å²) < 4.78 is 18.3. The molecular weight excluding hydrogens is 245 g/mol. The largest absolute Gasteiger partial charge is 0.506 e. The van der Waals surface area contributed by atoms with Crippen molar-refractivity contribution < 1.29 is 14.2 Å². The molecule has 96 valence electrons. The molecule has 2 aromatic carbocycles. The Morgan fingerprint density at radius 3 is 2.63 bits per heavy atom. The van der Waals surface area contributed by atoms with Crippen LogP contribution in [0, 0.1) is 5.82 Å². The van der Waals surface area contributed by atoms with E-state index in [2.05, 4.69) is 4.98 Å². The van der Waals surface area contributed by atoms with E-state index in [0.29, 0.717) is 17.9 Å². The smallest absolute Gasteiger partial charge is 0.139 e. The van der Waals surface area contributed by atoms with Crippen molar-refractivity contribution in [3.8, 4) is 11.5 Å². The van der Waals surface area contributed by atoms with Gasteiger partial charge in [0, 0.05) is 5.39 Å². The van der Waals surface area contributed by atoms with E-state index < -0.39 is 0 Å². The number of hydrogen-bond donors (Lipinski definition) is 2. The number of phenols is 1. The first-order valence-electron chi connectivity index (χ1n) is 5.90. The van der Waals surface area contributed by atoms with Crippen molar-refractivity contribution >= 4 is 10.9 Å². The molecule has 2 N–H and O–H groups in total. The number of H-pyrrole nitrogens is 1. The molecule has 0 fully saturated rings. The van der Waals surface area contributed by atoms with E-state index >= 15 is 0 Å². The van der Waals surface area contributed by atoms with Crippen LogP contribution in [-0.2, 0) is 6.61 Å². The third-order valence-corrected chi connectivity index (χ3v) is 2.90. The van der Waals surface area contributed by atoms with Gasteiger partial charge in [0.2, 0.25) is 0 Å². The van der Waals surface area contributed by atoms with Gasteiger partial charge in [0.05, 0.1) is 11.2 Å². The maximum Gasteiger partial charge on any atom is 0.139 e. The summed E-state index contributed by atoms with van der Waals surface area (Å²) in [6.07, 6.45) is 0. The third-order valence-electron chi connectivity index (χ3n) is 2.90. The number of benzene rings is 2. The Hall–Kier alpha value is -2.49. The summed E-state index contributed by atoms with van der Waals surface area (Å²) in [6.45, 7) is 0.333. The third kappa shape index (κ3) is 2.38. The molecule has 0 atom stereocenters. The number of halogens is 1. The van der Waals surface area contributed by atoms with Crippen LogP contribution in [0.15, 0.2) is 48.5 Å². The van der Waals surface area contributed by atoms with E-state index in [0.717, 1.165) is 11.1 Å². The van der Waals surface area contributed by atoms with Gasteiger partial charge >= 0.3 is 0 Å². The zero-order valence-corrected chi connectivity index (χ0v) is 10.1. The van der Waals surface area contributed by atoms with Crippen LogP contribution in [0.3, 0.4) is 0 Å². The molecule has 0 radical (unpaired) electrons. The standard InChI is InChI=1S/C15H12FNO2/c16-11-4-6-13(7-5-11)19-9-12-8-10-2-1-3-14(18)15(10)17-12/h1-8,17-18H,9H2. The summed E-state index contributed by atoms with van der Waals surface area (Å²) in [6, 6.07) is 13.1. The number of hydrogen-bond acceptors (Lipinski definition) is 2. The Kier molecular flexibility index (Phi) is 2.83. The molecule has 0 aliphatic heterocycles. The van der Waals surface area contributed by atoms with Crippen LogP contribution in [0.5, 0.6) is 11.5 Å². The average Bonchev–Trinajstić information content (AvgIpc) is 2.83. The van der Waals surface area contributed by atoms with Crippen molar-refractivity contribution in [2.45, 2.75) is 6.61 Å². The first kappa shape index (κ1) is 11.6. The second-order valence-electron chi connectivity index (χ2n) is 4.28. The predicted octanol–water partition coefficient (Wildman–Crippen LogP) is 3.59. The summed E-state index contributed by atoms with van der Waals surface area (Å²) >= 11 is 0. The first-order chi connectivity index (χ1) is 9.22. The number of fused-ring (bicyclic) bond motifs is 1. The fourth-order valence-electron chi connectivity index (χ4n) is 1.97. The lowest BCUT2D eigenvalue weighted by atomic mass is 10.2. The molecule has 1 aromatic heterocycles. The highest BCUT2D eigenvalue weighted by atomic mass is 19.1. The molecule has 1 heterocycles. The van der Waals surface area contributed by atoms with Gasteiger partial charge in [-0.3, -0.25) is 0 Å². The first-order valence-corrected chi connectivity index (χ1v) is 5.90. The van der Waals surface area contributed by atoms with Crippen molar-refractivity contribution in [2.75, 3.05) is 0 Å². The Bertz CT molecular complexity index is 704. The van der Waals surface area contributed by atoms with E-state index in [-0.39, 0.29) is 11.6 Å². The monoisotopic (exact) mass is 257 g/mol. The van der Waals surface area contributed by atoms with Gasteiger partial charge in [0.25, 0.3) is 0 Å². The Balaban J connectivity index is 1.78. The summed E-state index contributed by atoms with van der Waals surface area (Å²) in [5.74, 6) is 0.526. The Labute approximate surface area is 109 Å². The Morgan fingerprint density at radius 2 is 1.89 bits per heavy atom. The fourth-order valence-corrected chi connectivity index (χ4v) is 1.97. The quantitative estimate of drug-likeness (QED) is 0.753. The number of para-hydroxylation sites is 1. The minimum Gasteiger partial charge on any atom is -0.506 e. The van der Waals surface area contributed by atoms with Gasteiger partial charge in [-0.2, -0.15) is 0 Å². The van der Waals surface area contributed by atoms with E-state index in [1.165, 1.54) is 12.1 Å². The number of phenolic OH excluding ortho intramolecular Hbond substituents is 1. The van der Waals surface area contributed by atoms with E-state index in [9.17, 15) is 9.50 Å². The van der Waals surface area contributed by atoms with Crippen LogP contribution in [0.25, 0.3) is 10.9 Å². The second kappa shape index (κ2) is 4.65. The van der Waals surface area contributed by atoms with Crippen molar-refractivity contribution in [3.05, 3.63) is 60.0 Å². The van der Waals surface area contributed by atoms with Crippen LogP contribution < -0.4 is 4.74 Å². The van der Waals surface area contributed by atoms with Gasteiger partial charge in [-0.25, -0.2) is 4.39 Å². The highest BCUT2D eigenvalue weighted by Crippen LogP contribution is 2.24. The highest BCUT2D eigenvalue weighted by molar-refractivity contribution is 5.85. The number of rotatable bonds is 3. The number of aromatic nitrogens is 1. The minimum absolute atomic E-state index is 0.213. The molecule has 0 unspecified atom stereocenters. The van der Waals surface area contributed by atoms with Gasteiger partial charge in [0.15, 0.2) is 0 Å². The average molecular weight is 257 g/mol. The van der Waals surface area contributed by atoms with Crippen LogP contribution in [0.1, 0.15) is 5.69 Å². The van der Waals surface area contributed by atoms with Crippen LogP contribution >= 0.6 is 0 Å². The van der Waals surface area contributed by atoms with Crippen molar-refractivity contribution in [2.24, 2.45) is 0 Å². The van der Waals surface area contributed by atoms with Gasteiger partial charge in [-0.05, 0) is 36.4 Å². The lowest BCUT2D eigenvalue weighted by Gasteiger charge is -2.04. The maximum absolute atomic E-state index is 12.7. The zero-order valence-electron chi connectivity index (χ0n) is 10.1. The van der Waals surface area contributed by atoms with Crippen LogP contribution in [0.4, 0.5) is 4.39 Å². The van der Waals surface area contributed by atoms with Crippen molar-refractivity contribution in [1.29, 1.82) is 0 Å². The van der Waals surface area contributed by atoms with E-state index in [1.807, 2.05) is 12.1 Å². The molecule has 3 nitrogen and oxygen atoms in total. The van der Waals surface area contributed by atoms with Crippen molar-refractivity contribution in [3.63, 3.8) is 0 Å². The fraction of sp³-hybridized carbons (Fsp3) is 0.0667. The number of nitrogens with one attached hydrogen (secondary N) is 1. The number of aromatic hydroxyl groups is 1. The normalized spacial score (nSPS) is 10.8. The van der Waals surface area contributed by atoms with E-state index in [1.54, 1.807) is 24.3 Å². The maximum atomic E-state index is 12.7. The van der Waals surface area contributed by atoms with Crippen LogP contribution in [0.2, 0.25) is 0 Å². The molecule has 0 bridgehead atoms. The molecule has 4 heteroatoms. The zero-order chi connectivity index (χ0) is 13.2. The number of ether oxygens (including phenoxy) is 1. The molecular formula is C15H12FNO2. The molecule has 19 heavy (non-hydrogen) atoms. The predicted molar refractivity (Wildman–Crippen MR) is 70.7 cm³/mol. The molecule has 0 aliphatic carbocycles. The topological polar surface area (TPSA) is 45.2 Å². The lowest BCUT2D eigenvalue weighted by Crippen LogP contribution is -1.95. The Morgan fingerprint density at radius 1 is 1.11 bits per heavy atom. The molecule has 3 aromatic rings. The molecule has 0 saturated carbocycles. The lowest BCUT2D eigenvalue weighted by molar-refractivity contribution is 0.302. The van der Waals surface area contributed by atoms with Crippen LogP contribution in [-0.4, -0.2) is 10.1 Å². The van der Waals surface area contributed by atoms with Gasteiger partial charge in [0.1, 0.15) is 23.9 Å². The molecule has 3 rings (SSSR count). The van der Waals surface area contributed by atoms with Gasteiger partial charge < -0.3 is 14.8 Å². The molecule has 0 amide bonds. The summed E-state index contributed by atoms with van der Waals surface area (Å²) in [4.78, 5) is 3.10. The van der Waals surface area contributed by atoms with Gasteiger partial charge in [-0.1, -0.05) is 12.1 Å². The summed E-state index contributed by atoms with van der Waals surface area (Å²) in [7, 11) is 0. The van der Waals surface area contributed by atoms with E-state index in [4.69, 9.17) is 4.74 Å². The second-order valence-corrected chi connectivity index (χ2v) is 4.28. The minimum atomic E-state index is -0.289. The molecule has 0 spiro atoms. The SMILES string of the molecule is Oc1cccc2cc(COc3ccc(F)cc3)[nH]c12. The summed E-state index contributed by atoms with van der Waals surface area (Å²) in [5.41, 5.74) is 1.54. The number of aromatic amines is 1. The molecule has 0 saturated heterocycles. The van der Waals surface area contributed by atoms with Crippen molar-refractivity contribution in [1.82, 2.24) is 4.98 Å². The summed E-state index contributed by atoms with van der Waals surface area (Å²) in [5, 5.41) is 10.6.